The van der Waals surface area contributed by atoms with Crippen molar-refractivity contribution in [1.29, 1.82) is 0 Å². The summed E-state index contributed by atoms with van der Waals surface area (Å²) in [5.41, 5.74) is -0.833. The van der Waals surface area contributed by atoms with E-state index in [1.807, 2.05) is 0 Å². The van der Waals surface area contributed by atoms with Crippen LogP contribution in [0, 0.1) is 0 Å². The monoisotopic (exact) mass is 335 g/mol. The van der Waals surface area contributed by atoms with Crippen molar-refractivity contribution in [2.45, 2.75) is 44.4 Å². The predicted molar refractivity (Wildman–Crippen MR) is 77.9 cm³/mol. The van der Waals surface area contributed by atoms with E-state index in [1.54, 1.807) is 0 Å². The van der Waals surface area contributed by atoms with Crippen LogP contribution in [0.15, 0.2) is 18.2 Å². The highest BCUT2D eigenvalue weighted by Gasteiger charge is 2.31. The Morgan fingerprint density at radius 1 is 1.32 bits per heavy atom. The SMILES string of the molecule is O=C(CCC1CCCCO1)Nc1cc(Cl)cc(C(F)(F)F)c1. The average molecular weight is 336 g/mol. The minimum absolute atomic E-state index is 0.0504. The van der Waals surface area contributed by atoms with Gasteiger partial charge in [0, 0.05) is 23.7 Å². The second-order valence-corrected chi connectivity index (χ2v) is 5.74. The van der Waals surface area contributed by atoms with E-state index in [2.05, 4.69) is 5.32 Å². The number of nitrogens with one attached hydrogen (secondary N) is 1. The Morgan fingerprint density at radius 2 is 2.09 bits per heavy atom. The third-order valence-corrected chi connectivity index (χ3v) is 3.69. The zero-order valence-corrected chi connectivity index (χ0v) is 12.6. The fraction of sp³-hybridized carbons (Fsp3) is 0.533. The molecule has 1 heterocycles. The van der Waals surface area contributed by atoms with E-state index in [-0.39, 0.29) is 29.1 Å². The van der Waals surface area contributed by atoms with Crippen LogP contribution in [-0.2, 0) is 15.7 Å². The lowest BCUT2D eigenvalue weighted by Gasteiger charge is -2.22. The molecular weight excluding hydrogens is 319 g/mol. The summed E-state index contributed by atoms with van der Waals surface area (Å²) in [6.45, 7) is 0.704. The number of carbonyl (C=O) groups is 1. The largest absolute Gasteiger partial charge is 0.416 e. The maximum absolute atomic E-state index is 12.7. The van der Waals surface area contributed by atoms with Gasteiger partial charge in [0.05, 0.1) is 11.7 Å². The summed E-state index contributed by atoms with van der Waals surface area (Å²) in [6, 6.07) is 3.00. The van der Waals surface area contributed by atoms with E-state index in [4.69, 9.17) is 16.3 Å². The molecule has 1 aromatic carbocycles. The summed E-state index contributed by atoms with van der Waals surface area (Å²) < 4.78 is 43.6. The van der Waals surface area contributed by atoms with Crippen LogP contribution in [0.1, 0.15) is 37.7 Å². The highest BCUT2D eigenvalue weighted by molar-refractivity contribution is 6.31. The van der Waals surface area contributed by atoms with Crippen molar-refractivity contribution in [3.05, 3.63) is 28.8 Å². The van der Waals surface area contributed by atoms with Gasteiger partial charge in [-0.1, -0.05) is 11.6 Å². The molecule has 122 valence electrons. The maximum Gasteiger partial charge on any atom is 0.416 e. The topological polar surface area (TPSA) is 38.3 Å². The second-order valence-electron chi connectivity index (χ2n) is 5.30. The van der Waals surface area contributed by atoms with Crippen LogP contribution >= 0.6 is 11.6 Å². The molecule has 1 aliphatic rings. The maximum atomic E-state index is 12.7. The lowest BCUT2D eigenvalue weighted by Crippen LogP contribution is -2.21. The van der Waals surface area contributed by atoms with E-state index < -0.39 is 11.7 Å². The number of alkyl halides is 3. The molecule has 0 aromatic heterocycles. The molecule has 0 saturated carbocycles. The number of carbonyl (C=O) groups excluding carboxylic acids is 1. The molecular formula is C15H17ClF3NO2. The molecule has 1 aliphatic heterocycles. The molecule has 2 rings (SSSR count). The van der Waals surface area contributed by atoms with E-state index in [0.717, 1.165) is 31.4 Å². The number of anilines is 1. The molecule has 0 aliphatic carbocycles. The molecule has 1 saturated heterocycles. The molecule has 22 heavy (non-hydrogen) atoms. The van der Waals surface area contributed by atoms with Gasteiger partial charge in [-0.05, 0) is 43.9 Å². The molecule has 0 bridgehead atoms. The smallest absolute Gasteiger partial charge is 0.378 e. The van der Waals surface area contributed by atoms with Crippen molar-refractivity contribution in [1.82, 2.24) is 0 Å². The molecule has 1 unspecified atom stereocenters. The van der Waals surface area contributed by atoms with Crippen LogP contribution < -0.4 is 5.32 Å². The van der Waals surface area contributed by atoms with E-state index in [1.165, 1.54) is 6.07 Å². The summed E-state index contributed by atoms with van der Waals surface area (Å²) in [5.74, 6) is -0.343. The normalized spacial score (nSPS) is 19.0. The minimum Gasteiger partial charge on any atom is -0.378 e. The Hall–Kier alpha value is -1.27. The second kappa shape index (κ2) is 7.33. The van der Waals surface area contributed by atoms with Gasteiger partial charge in [-0.3, -0.25) is 4.79 Å². The first-order valence-corrected chi connectivity index (χ1v) is 7.51. The van der Waals surface area contributed by atoms with Crippen LogP contribution in [0.4, 0.5) is 18.9 Å². The van der Waals surface area contributed by atoms with Crippen molar-refractivity contribution < 1.29 is 22.7 Å². The fourth-order valence-corrected chi connectivity index (χ4v) is 2.61. The average Bonchev–Trinajstić information content (AvgIpc) is 2.45. The lowest BCUT2D eigenvalue weighted by molar-refractivity contribution is -0.137. The van der Waals surface area contributed by atoms with Crippen molar-refractivity contribution >= 4 is 23.2 Å². The fourth-order valence-electron chi connectivity index (χ4n) is 2.38. The van der Waals surface area contributed by atoms with Gasteiger partial charge in [0.2, 0.25) is 5.91 Å². The first-order chi connectivity index (χ1) is 10.3. The third-order valence-electron chi connectivity index (χ3n) is 3.48. The van der Waals surface area contributed by atoms with Crippen molar-refractivity contribution in [3.63, 3.8) is 0 Å². The molecule has 7 heteroatoms. The molecule has 0 spiro atoms. The highest BCUT2D eigenvalue weighted by atomic mass is 35.5. The highest BCUT2D eigenvalue weighted by Crippen LogP contribution is 2.33. The van der Waals surface area contributed by atoms with E-state index in [0.29, 0.717) is 13.0 Å². The summed E-state index contributed by atoms with van der Waals surface area (Å²) in [6.07, 6.45) is -0.634. The van der Waals surface area contributed by atoms with Crippen molar-refractivity contribution in [2.24, 2.45) is 0 Å². The number of hydrogen-bond donors (Lipinski definition) is 1. The van der Waals surface area contributed by atoms with Crippen LogP contribution in [0.2, 0.25) is 5.02 Å². The summed E-state index contributed by atoms with van der Waals surface area (Å²) >= 11 is 5.67. The number of hydrogen-bond acceptors (Lipinski definition) is 2. The summed E-state index contributed by atoms with van der Waals surface area (Å²) in [7, 11) is 0. The number of benzene rings is 1. The first kappa shape index (κ1) is 17.1. The van der Waals surface area contributed by atoms with Crippen molar-refractivity contribution in [3.8, 4) is 0 Å². The Balaban J connectivity index is 1.92. The molecule has 1 N–H and O–H groups in total. The zero-order valence-electron chi connectivity index (χ0n) is 11.9. The van der Waals surface area contributed by atoms with Gasteiger partial charge in [0.15, 0.2) is 0 Å². The van der Waals surface area contributed by atoms with Crippen molar-refractivity contribution in [2.75, 3.05) is 11.9 Å². The Bertz CT molecular complexity index is 528. The summed E-state index contributed by atoms with van der Waals surface area (Å²) in [4.78, 5) is 11.8. The minimum atomic E-state index is -4.50. The first-order valence-electron chi connectivity index (χ1n) is 7.14. The summed E-state index contributed by atoms with van der Waals surface area (Å²) in [5, 5.41) is 2.39. The van der Waals surface area contributed by atoms with Gasteiger partial charge >= 0.3 is 6.18 Å². The van der Waals surface area contributed by atoms with Gasteiger partial charge in [-0.25, -0.2) is 0 Å². The zero-order chi connectivity index (χ0) is 16.2. The van der Waals surface area contributed by atoms with Crippen LogP contribution in [0.3, 0.4) is 0 Å². The third kappa shape index (κ3) is 5.18. The number of amides is 1. The Kier molecular flexibility index (Phi) is 5.69. The standard InChI is InChI=1S/C15H17ClF3NO2/c16-11-7-10(15(17,18)19)8-12(9-11)20-14(21)5-4-13-3-1-2-6-22-13/h7-9,13H,1-6H2,(H,20,21). The molecule has 1 aromatic rings. The van der Waals surface area contributed by atoms with Crippen LogP contribution in [0.5, 0.6) is 0 Å². The predicted octanol–water partition coefficient (Wildman–Crippen LogP) is 4.65. The molecule has 1 fully saturated rings. The van der Waals surface area contributed by atoms with Gasteiger partial charge < -0.3 is 10.1 Å². The Morgan fingerprint density at radius 3 is 2.73 bits per heavy atom. The number of ether oxygens (including phenoxy) is 1. The molecule has 0 radical (unpaired) electrons. The van der Waals surface area contributed by atoms with E-state index >= 15 is 0 Å². The molecule has 1 amide bonds. The van der Waals surface area contributed by atoms with Crippen LogP contribution in [-0.4, -0.2) is 18.6 Å². The Labute approximate surface area is 131 Å². The van der Waals surface area contributed by atoms with Gasteiger partial charge in [-0.15, -0.1) is 0 Å². The van der Waals surface area contributed by atoms with Gasteiger partial charge in [0.1, 0.15) is 0 Å². The van der Waals surface area contributed by atoms with Gasteiger partial charge in [0.25, 0.3) is 0 Å². The molecule has 3 nitrogen and oxygen atoms in total. The number of halogens is 4. The lowest BCUT2D eigenvalue weighted by atomic mass is 10.0. The molecule has 1 atom stereocenters. The van der Waals surface area contributed by atoms with Crippen LogP contribution in [0.25, 0.3) is 0 Å². The van der Waals surface area contributed by atoms with Gasteiger partial charge in [-0.2, -0.15) is 13.2 Å². The van der Waals surface area contributed by atoms with E-state index in [9.17, 15) is 18.0 Å². The number of rotatable bonds is 4. The quantitative estimate of drug-likeness (QED) is 0.870.